The lowest BCUT2D eigenvalue weighted by molar-refractivity contribution is 0.0808. The molecule has 3 nitrogen and oxygen atoms in total. The fraction of sp³-hybridized carbons (Fsp3) is 1.00. The van der Waals surface area contributed by atoms with Crippen LogP contribution in [-0.4, -0.2) is 50.3 Å². The quantitative estimate of drug-likeness (QED) is 0.663. The fourth-order valence-electron chi connectivity index (χ4n) is 1.71. The van der Waals surface area contributed by atoms with Crippen molar-refractivity contribution in [3.63, 3.8) is 0 Å². The topological polar surface area (TPSA) is 24.5 Å². The molecule has 3 heteroatoms. The van der Waals surface area contributed by atoms with Gasteiger partial charge in [-0.2, -0.15) is 0 Å². The molecule has 12 heavy (non-hydrogen) atoms. The van der Waals surface area contributed by atoms with Crippen LogP contribution in [-0.2, 0) is 4.74 Å². The highest BCUT2D eigenvalue weighted by molar-refractivity contribution is 4.78. The van der Waals surface area contributed by atoms with Crippen LogP contribution in [0.3, 0.4) is 0 Å². The van der Waals surface area contributed by atoms with Crippen molar-refractivity contribution in [2.45, 2.75) is 25.9 Å². The third-order valence-electron chi connectivity index (χ3n) is 2.43. The second-order valence-electron chi connectivity index (χ2n) is 3.65. The number of hydrogen-bond donors (Lipinski definition) is 1. The molecular weight excluding hydrogens is 152 g/mol. The van der Waals surface area contributed by atoms with Gasteiger partial charge in [0.05, 0.1) is 6.61 Å². The standard InChI is InChI=1S/C9H20N2O/c1-8-6-11(5-4-10-8)9(2)7-12-3/h8-10H,4-7H2,1-3H3/t8-,9?/m1/s1. The molecule has 0 aromatic rings. The van der Waals surface area contributed by atoms with Gasteiger partial charge in [0, 0.05) is 38.8 Å². The summed E-state index contributed by atoms with van der Waals surface area (Å²) in [7, 11) is 1.77. The zero-order valence-corrected chi connectivity index (χ0v) is 8.34. The predicted octanol–water partition coefficient (Wildman–Crippen LogP) is 0.315. The minimum Gasteiger partial charge on any atom is -0.383 e. The van der Waals surface area contributed by atoms with Gasteiger partial charge in [0.25, 0.3) is 0 Å². The lowest BCUT2D eigenvalue weighted by Crippen LogP contribution is -2.53. The molecule has 1 N–H and O–H groups in total. The van der Waals surface area contributed by atoms with E-state index in [2.05, 4.69) is 24.1 Å². The first kappa shape index (κ1) is 9.96. The summed E-state index contributed by atoms with van der Waals surface area (Å²) in [6.45, 7) is 8.69. The Morgan fingerprint density at radius 1 is 1.67 bits per heavy atom. The molecular formula is C9H20N2O. The average molecular weight is 172 g/mol. The summed E-state index contributed by atoms with van der Waals surface area (Å²) >= 11 is 0. The van der Waals surface area contributed by atoms with E-state index in [-0.39, 0.29) is 0 Å². The number of rotatable bonds is 3. The lowest BCUT2D eigenvalue weighted by Gasteiger charge is -2.35. The Morgan fingerprint density at radius 3 is 3.00 bits per heavy atom. The van der Waals surface area contributed by atoms with Crippen molar-refractivity contribution in [1.29, 1.82) is 0 Å². The number of ether oxygens (including phenoxy) is 1. The second-order valence-corrected chi connectivity index (χ2v) is 3.65. The molecule has 0 saturated carbocycles. The molecule has 1 saturated heterocycles. The van der Waals surface area contributed by atoms with Crippen LogP contribution in [0.15, 0.2) is 0 Å². The molecule has 0 aromatic heterocycles. The zero-order valence-electron chi connectivity index (χ0n) is 8.34. The number of piperazine rings is 1. The Labute approximate surface area is 75.1 Å². The van der Waals surface area contributed by atoms with E-state index in [1.165, 1.54) is 0 Å². The highest BCUT2D eigenvalue weighted by Gasteiger charge is 2.19. The van der Waals surface area contributed by atoms with E-state index in [1.807, 2.05) is 0 Å². The van der Waals surface area contributed by atoms with Crippen LogP contribution in [0.2, 0.25) is 0 Å². The summed E-state index contributed by atoms with van der Waals surface area (Å²) in [5.74, 6) is 0. The highest BCUT2D eigenvalue weighted by Crippen LogP contribution is 2.04. The Kier molecular flexibility index (Phi) is 3.98. The summed E-state index contributed by atoms with van der Waals surface area (Å²) < 4.78 is 5.13. The van der Waals surface area contributed by atoms with Gasteiger partial charge < -0.3 is 10.1 Å². The third kappa shape index (κ3) is 2.73. The first-order valence-electron chi connectivity index (χ1n) is 4.70. The van der Waals surface area contributed by atoms with Gasteiger partial charge in [-0.3, -0.25) is 4.90 Å². The fourth-order valence-corrected chi connectivity index (χ4v) is 1.71. The van der Waals surface area contributed by atoms with E-state index in [9.17, 15) is 0 Å². The van der Waals surface area contributed by atoms with Gasteiger partial charge in [-0.1, -0.05) is 0 Å². The molecule has 0 radical (unpaired) electrons. The van der Waals surface area contributed by atoms with E-state index in [1.54, 1.807) is 7.11 Å². The minimum absolute atomic E-state index is 0.555. The van der Waals surface area contributed by atoms with Crippen LogP contribution in [0.1, 0.15) is 13.8 Å². The molecule has 0 aliphatic carbocycles. The van der Waals surface area contributed by atoms with Crippen LogP contribution in [0.25, 0.3) is 0 Å². The maximum Gasteiger partial charge on any atom is 0.0615 e. The van der Waals surface area contributed by atoms with Crippen LogP contribution in [0.4, 0.5) is 0 Å². The first-order valence-corrected chi connectivity index (χ1v) is 4.70. The Hall–Kier alpha value is -0.120. The molecule has 1 aliphatic rings. The SMILES string of the molecule is COCC(C)N1CCN[C@H](C)C1. The Morgan fingerprint density at radius 2 is 2.42 bits per heavy atom. The Bertz CT molecular complexity index is 130. The van der Waals surface area contributed by atoms with Crippen molar-refractivity contribution < 1.29 is 4.74 Å². The predicted molar refractivity (Wildman–Crippen MR) is 50.4 cm³/mol. The van der Waals surface area contributed by atoms with E-state index in [4.69, 9.17) is 4.74 Å². The molecule has 72 valence electrons. The summed E-state index contributed by atoms with van der Waals surface area (Å²) in [5, 5.41) is 3.43. The number of nitrogens with one attached hydrogen (secondary N) is 1. The number of nitrogens with zero attached hydrogens (tertiary/aromatic N) is 1. The number of methoxy groups -OCH3 is 1. The summed E-state index contributed by atoms with van der Waals surface area (Å²) in [6.07, 6.45) is 0. The molecule has 1 rings (SSSR count). The summed E-state index contributed by atoms with van der Waals surface area (Å²) in [5.41, 5.74) is 0. The van der Waals surface area contributed by atoms with Crippen molar-refractivity contribution in [3.8, 4) is 0 Å². The molecule has 0 aromatic carbocycles. The monoisotopic (exact) mass is 172 g/mol. The smallest absolute Gasteiger partial charge is 0.0615 e. The molecule has 0 amide bonds. The zero-order chi connectivity index (χ0) is 8.97. The molecule has 2 atom stereocenters. The van der Waals surface area contributed by atoms with Gasteiger partial charge in [-0.15, -0.1) is 0 Å². The van der Waals surface area contributed by atoms with Crippen LogP contribution < -0.4 is 5.32 Å². The molecule has 1 heterocycles. The van der Waals surface area contributed by atoms with E-state index >= 15 is 0 Å². The van der Waals surface area contributed by atoms with Crippen molar-refractivity contribution in [2.24, 2.45) is 0 Å². The molecule has 1 fully saturated rings. The van der Waals surface area contributed by atoms with Crippen LogP contribution in [0.5, 0.6) is 0 Å². The molecule has 1 aliphatic heterocycles. The van der Waals surface area contributed by atoms with Crippen LogP contribution in [0, 0.1) is 0 Å². The summed E-state index contributed by atoms with van der Waals surface area (Å²) in [4.78, 5) is 2.48. The van der Waals surface area contributed by atoms with Gasteiger partial charge in [0.1, 0.15) is 0 Å². The van der Waals surface area contributed by atoms with Gasteiger partial charge in [0.15, 0.2) is 0 Å². The molecule has 0 bridgehead atoms. The summed E-state index contributed by atoms with van der Waals surface area (Å²) in [6, 6.07) is 1.18. The van der Waals surface area contributed by atoms with Crippen LogP contribution >= 0.6 is 0 Å². The molecule has 1 unspecified atom stereocenters. The highest BCUT2D eigenvalue weighted by atomic mass is 16.5. The van der Waals surface area contributed by atoms with Gasteiger partial charge in [-0.05, 0) is 13.8 Å². The molecule has 0 spiro atoms. The normalized spacial score (nSPS) is 28.8. The van der Waals surface area contributed by atoms with Gasteiger partial charge in [0.2, 0.25) is 0 Å². The van der Waals surface area contributed by atoms with Crippen molar-refractivity contribution >= 4 is 0 Å². The maximum absolute atomic E-state index is 5.13. The van der Waals surface area contributed by atoms with E-state index in [0.717, 1.165) is 26.2 Å². The lowest BCUT2D eigenvalue weighted by atomic mass is 10.2. The third-order valence-corrected chi connectivity index (χ3v) is 2.43. The minimum atomic E-state index is 0.555. The van der Waals surface area contributed by atoms with Gasteiger partial charge >= 0.3 is 0 Å². The van der Waals surface area contributed by atoms with Crippen molar-refractivity contribution in [3.05, 3.63) is 0 Å². The largest absolute Gasteiger partial charge is 0.383 e. The maximum atomic E-state index is 5.13. The Balaban J connectivity index is 2.29. The first-order chi connectivity index (χ1) is 5.74. The van der Waals surface area contributed by atoms with Crippen molar-refractivity contribution in [2.75, 3.05) is 33.4 Å². The van der Waals surface area contributed by atoms with Gasteiger partial charge in [-0.25, -0.2) is 0 Å². The average Bonchev–Trinajstić information content (AvgIpc) is 2.05. The number of hydrogen-bond acceptors (Lipinski definition) is 3. The second kappa shape index (κ2) is 4.80. The van der Waals surface area contributed by atoms with E-state index in [0.29, 0.717) is 12.1 Å². The van der Waals surface area contributed by atoms with Crippen molar-refractivity contribution in [1.82, 2.24) is 10.2 Å². The van der Waals surface area contributed by atoms with E-state index < -0.39 is 0 Å².